The molecule has 0 aliphatic carbocycles. The maximum atomic E-state index is 13.2. The number of anilines is 1. The Morgan fingerprint density at radius 2 is 1.94 bits per heavy atom. The number of rotatable bonds is 5. The molecular formula is C11H13F3N2O. The summed E-state index contributed by atoms with van der Waals surface area (Å²) in [6, 6.07) is 1.76. The van der Waals surface area contributed by atoms with Crippen molar-refractivity contribution in [3.05, 3.63) is 29.6 Å². The third-order valence-electron chi connectivity index (χ3n) is 2.14. The molecule has 0 aromatic heterocycles. The Morgan fingerprint density at radius 3 is 2.59 bits per heavy atom. The van der Waals surface area contributed by atoms with Crippen LogP contribution in [0.15, 0.2) is 12.1 Å². The third-order valence-corrected chi connectivity index (χ3v) is 2.14. The second-order valence-electron chi connectivity index (χ2n) is 3.48. The molecule has 0 spiro atoms. The zero-order valence-corrected chi connectivity index (χ0v) is 9.32. The van der Waals surface area contributed by atoms with Gasteiger partial charge in [-0.15, -0.1) is 0 Å². The molecule has 94 valence electrons. The van der Waals surface area contributed by atoms with Crippen LogP contribution in [0.2, 0.25) is 0 Å². The van der Waals surface area contributed by atoms with E-state index in [1.54, 1.807) is 7.05 Å². The van der Waals surface area contributed by atoms with Crippen molar-refractivity contribution in [3.63, 3.8) is 0 Å². The maximum absolute atomic E-state index is 13.2. The number of benzene rings is 1. The topological polar surface area (TPSA) is 41.1 Å². The largest absolute Gasteiger partial charge is 0.324 e. The Labute approximate surface area is 97.0 Å². The van der Waals surface area contributed by atoms with E-state index in [2.05, 4.69) is 10.6 Å². The first-order valence-corrected chi connectivity index (χ1v) is 5.14. The van der Waals surface area contributed by atoms with Crippen molar-refractivity contribution in [3.8, 4) is 0 Å². The Hall–Kier alpha value is -1.56. The number of halogens is 3. The van der Waals surface area contributed by atoms with Gasteiger partial charge < -0.3 is 10.6 Å². The van der Waals surface area contributed by atoms with Crippen LogP contribution in [0.1, 0.15) is 12.8 Å². The van der Waals surface area contributed by atoms with Gasteiger partial charge in [0.05, 0.1) is 5.69 Å². The molecule has 0 saturated heterocycles. The van der Waals surface area contributed by atoms with Gasteiger partial charge in [0, 0.05) is 6.42 Å². The van der Waals surface area contributed by atoms with Crippen LogP contribution in [-0.4, -0.2) is 19.5 Å². The summed E-state index contributed by atoms with van der Waals surface area (Å²) < 4.78 is 38.6. The Bertz CT molecular complexity index is 410. The lowest BCUT2D eigenvalue weighted by Crippen LogP contribution is -2.16. The molecule has 0 saturated carbocycles. The molecule has 1 aromatic carbocycles. The van der Waals surface area contributed by atoms with Crippen LogP contribution >= 0.6 is 0 Å². The third kappa shape index (κ3) is 3.74. The van der Waals surface area contributed by atoms with E-state index in [-0.39, 0.29) is 12.1 Å². The average molecular weight is 246 g/mol. The zero-order chi connectivity index (χ0) is 12.8. The number of hydrogen-bond donors (Lipinski definition) is 2. The molecule has 0 aliphatic heterocycles. The lowest BCUT2D eigenvalue weighted by atomic mass is 10.2. The standard InChI is InChI=1S/C11H13F3N2O/c1-15-6-2-3-9(17)16-8-5-4-7(12)10(13)11(8)14/h4-5,15H,2-3,6H2,1H3,(H,16,17). The summed E-state index contributed by atoms with van der Waals surface area (Å²) in [5.41, 5.74) is -0.349. The maximum Gasteiger partial charge on any atom is 0.224 e. The van der Waals surface area contributed by atoms with E-state index in [0.717, 1.165) is 12.1 Å². The summed E-state index contributed by atoms with van der Waals surface area (Å²) >= 11 is 0. The molecule has 0 bridgehead atoms. The van der Waals surface area contributed by atoms with Crippen LogP contribution in [0.3, 0.4) is 0 Å². The van der Waals surface area contributed by atoms with E-state index in [9.17, 15) is 18.0 Å². The van der Waals surface area contributed by atoms with E-state index in [0.29, 0.717) is 13.0 Å². The van der Waals surface area contributed by atoms with Crippen LogP contribution < -0.4 is 10.6 Å². The van der Waals surface area contributed by atoms with Gasteiger partial charge in [-0.05, 0) is 32.1 Å². The van der Waals surface area contributed by atoms with Crippen molar-refractivity contribution in [2.75, 3.05) is 18.9 Å². The second kappa shape index (κ2) is 6.24. The predicted octanol–water partition coefficient (Wildman–Crippen LogP) is 2.04. The normalized spacial score (nSPS) is 10.4. The highest BCUT2D eigenvalue weighted by atomic mass is 19.2. The molecule has 0 atom stereocenters. The molecule has 0 fully saturated rings. The Morgan fingerprint density at radius 1 is 1.24 bits per heavy atom. The number of carbonyl (C=O) groups excluding carboxylic acids is 1. The molecule has 0 aliphatic rings. The van der Waals surface area contributed by atoms with Crippen LogP contribution in [0.25, 0.3) is 0 Å². The van der Waals surface area contributed by atoms with Gasteiger partial charge in [0.25, 0.3) is 0 Å². The Balaban J connectivity index is 2.63. The average Bonchev–Trinajstić information content (AvgIpc) is 2.30. The minimum absolute atomic E-state index is 0.180. The van der Waals surface area contributed by atoms with Crippen LogP contribution in [0.5, 0.6) is 0 Å². The fourth-order valence-electron chi connectivity index (χ4n) is 1.26. The highest BCUT2D eigenvalue weighted by molar-refractivity contribution is 5.90. The first kappa shape index (κ1) is 13.5. The lowest BCUT2D eigenvalue weighted by Gasteiger charge is -2.07. The molecule has 1 rings (SSSR count). The van der Waals surface area contributed by atoms with Crippen LogP contribution in [0.4, 0.5) is 18.9 Å². The molecule has 2 N–H and O–H groups in total. The molecule has 0 radical (unpaired) electrons. The first-order chi connectivity index (χ1) is 8.06. The fourth-order valence-corrected chi connectivity index (χ4v) is 1.26. The van der Waals surface area contributed by atoms with Crippen molar-refractivity contribution in [1.82, 2.24) is 5.32 Å². The fraction of sp³-hybridized carbons (Fsp3) is 0.364. The van der Waals surface area contributed by atoms with Gasteiger partial charge in [-0.1, -0.05) is 0 Å². The van der Waals surface area contributed by atoms with Gasteiger partial charge in [0.1, 0.15) is 0 Å². The summed E-state index contributed by atoms with van der Waals surface area (Å²) in [6.45, 7) is 0.647. The molecular weight excluding hydrogens is 233 g/mol. The monoisotopic (exact) mass is 246 g/mol. The summed E-state index contributed by atoms with van der Waals surface area (Å²) in [5, 5.41) is 5.04. The van der Waals surface area contributed by atoms with E-state index in [1.807, 2.05) is 0 Å². The Kier molecular flexibility index (Phi) is 4.96. The molecule has 3 nitrogen and oxygen atoms in total. The molecule has 6 heteroatoms. The summed E-state index contributed by atoms with van der Waals surface area (Å²) in [4.78, 5) is 11.3. The molecule has 0 unspecified atom stereocenters. The van der Waals surface area contributed by atoms with Gasteiger partial charge in [-0.3, -0.25) is 4.79 Å². The van der Waals surface area contributed by atoms with Crippen molar-refractivity contribution in [2.45, 2.75) is 12.8 Å². The van der Waals surface area contributed by atoms with Crippen LogP contribution in [-0.2, 0) is 4.79 Å². The zero-order valence-electron chi connectivity index (χ0n) is 9.32. The van der Waals surface area contributed by atoms with Crippen LogP contribution in [0, 0.1) is 17.5 Å². The van der Waals surface area contributed by atoms with Crippen molar-refractivity contribution in [2.24, 2.45) is 0 Å². The van der Waals surface area contributed by atoms with E-state index in [1.165, 1.54) is 0 Å². The number of nitrogens with one attached hydrogen (secondary N) is 2. The lowest BCUT2D eigenvalue weighted by molar-refractivity contribution is -0.116. The van der Waals surface area contributed by atoms with Gasteiger partial charge in [0.15, 0.2) is 17.5 Å². The van der Waals surface area contributed by atoms with E-state index >= 15 is 0 Å². The SMILES string of the molecule is CNCCCC(=O)Nc1ccc(F)c(F)c1F. The van der Waals surface area contributed by atoms with Gasteiger partial charge in [0.2, 0.25) is 5.91 Å². The highest BCUT2D eigenvalue weighted by Crippen LogP contribution is 2.19. The van der Waals surface area contributed by atoms with Crippen molar-refractivity contribution in [1.29, 1.82) is 0 Å². The minimum atomic E-state index is -1.59. The molecule has 0 heterocycles. The smallest absolute Gasteiger partial charge is 0.224 e. The van der Waals surface area contributed by atoms with Gasteiger partial charge >= 0.3 is 0 Å². The predicted molar refractivity (Wildman–Crippen MR) is 58.1 cm³/mol. The first-order valence-electron chi connectivity index (χ1n) is 5.14. The number of hydrogen-bond acceptors (Lipinski definition) is 2. The van der Waals surface area contributed by atoms with Gasteiger partial charge in [-0.25, -0.2) is 13.2 Å². The second-order valence-corrected chi connectivity index (χ2v) is 3.48. The summed E-state index contributed by atoms with van der Waals surface area (Å²) in [5.74, 6) is -4.69. The van der Waals surface area contributed by atoms with Crippen molar-refractivity contribution < 1.29 is 18.0 Å². The number of amides is 1. The highest BCUT2D eigenvalue weighted by Gasteiger charge is 2.14. The van der Waals surface area contributed by atoms with E-state index < -0.39 is 23.4 Å². The summed E-state index contributed by atoms with van der Waals surface area (Å²) in [6.07, 6.45) is 0.757. The molecule has 1 amide bonds. The van der Waals surface area contributed by atoms with E-state index in [4.69, 9.17) is 0 Å². The summed E-state index contributed by atoms with van der Waals surface area (Å²) in [7, 11) is 1.74. The quantitative estimate of drug-likeness (QED) is 0.616. The van der Waals surface area contributed by atoms with Gasteiger partial charge in [-0.2, -0.15) is 0 Å². The molecule has 1 aromatic rings. The minimum Gasteiger partial charge on any atom is -0.324 e. The number of carbonyl (C=O) groups is 1. The molecule has 17 heavy (non-hydrogen) atoms. The van der Waals surface area contributed by atoms with Crippen molar-refractivity contribution >= 4 is 11.6 Å².